The molecule has 0 fully saturated rings. The van der Waals surface area contributed by atoms with Crippen LogP contribution in [0.3, 0.4) is 0 Å². The molecule has 0 spiro atoms. The van der Waals surface area contributed by atoms with Crippen LogP contribution in [-0.4, -0.2) is 57.0 Å². The fourth-order valence-corrected chi connectivity index (χ4v) is 18.8. The first-order valence-corrected chi connectivity index (χ1v) is 15.4. The predicted octanol–water partition coefficient (Wildman–Crippen LogP) is 2.60. The van der Waals surface area contributed by atoms with Crippen LogP contribution >= 0.6 is 7.60 Å². The molecule has 0 aromatic heterocycles. The number of carbonyl (C=O) groups is 1. The van der Waals surface area contributed by atoms with Gasteiger partial charge in [0.2, 0.25) is 5.52 Å². The molecule has 0 aromatic rings. The van der Waals surface area contributed by atoms with Gasteiger partial charge in [-0.1, -0.05) is 39.3 Å². The molecule has 0 radical (unpaired) electrons. The quantitative estimate of drug-likeness (QED) is 0.551. The maximum Gasteiger partial charge on any atom is 0.391 e. The lowest BCUT2D eigenvalue weighted by molar-refractivity contribution is -0.114. The average molecular weight is 340 g/mol. The summed E-state index contributed by atoms with van der Waals surface area (Å²) in [6, 6.07) is 0. The van der Waals surface area contributed by atoms with Crippen LogP contribution in [-0.2, 0) is 9.36 Å². The Hall–Kier alpha value is 0.214. The summed E-state index contributed by atoms with van der Waals surface area (Å²) in [5.41, 5.74) is -0.815. The SMILES string of the molecule is CN(C)CCC(C(=O)P(=O)(O)O)([Si](C)(C)C)[Si](C)(C)C. The Morgan fingerprint density at radius 3 is 1.60 bits per heavy atom. The molecular formula is C12H30NO4PSi2. The molecule has 0 aliphatic rings. The zero-order valence-corrected chi connectivity index (χ0v) is 16.9. The summed E-state index contributed by atoms with van der Waals surface area (Å²) in [5.74, 6) is 0. The Morgan fingerprint density at radius 2 is 1.40 bits per heavy atom. The topological polar surface area (TPSA) is 77.8 Å². The summed E-state index contributed by atoms with van der Waals surface area (Å²) >= 11 is 0. The Kier molecular flexibility index (Phi) is 6.21. The summed E-state index contributed by atoms with van der Waals surface area (Å²) in [4.78, 5) is 33.7. The van der Waals surface area contributed by atoms with Gasteiger partial charge in [0.25, 0.3) is 0 Å². The predicted molar refractivity (Wildman–Crippen MR) is 89.6 cm³/mol. The van der Waals surface area contributed by atoms with E-state index in [0.717, 1.165) is 0 Å². The Bertz CT molecular complexity index is 393. The van der Waals surface area contributed by atoms with Gasteiger partial charge in [-0.25, -0.2) is 0 Å². The number of hydrogen-bond donors (Lipinski definition) is 2. The summed E-state index contributed by atoms with van der Waals surface area (Å²) < 4.78 is 10.9. The summed E-state index contributed by atoms with van der Waals surface area (Å²) in [6.07, 6.45) is 0.537. The lowest BCUT2D eigenvalue weighted by Crippen LogP contribution is -2.59. The second-order valence-corrected chi connectivity index (χ2v) is 20.5. The van der Waals surface area contributed by atoms with E-state index < -0.39 is 33.9 Å². The average Bonchev–Trinajstić information content (AvgIpc) is 2.11. The Morgan fingerprint density at radius 1 is 1.05 bits per heavy atom. The zero-order valence-electron chi connectivity index (χ0n) is 14.0. The molecular weight excluding hydrogens is 309 g/mol. The van der Waals surface area contributed by atoms with Crippen molar-refractivity contribution < 1.29 is 19.1 Å². The monoisotopic (exact) mass is 339 g/mol. The van der Waals surface area contributed by atoms with E-state index in [0.29, 0.717) is 13.0 Å². The molecule has 0 saturated heterocycles. The molecule has 8 heteroatoms. The van der Waals surface area contributed by atoms with Crippen molar-refractivity contribution >= 4 is 29.3 Å². The van der Waals surface area contributed by atoms with Gasteiger partial charge in [-0.3, -0.25) is 9.36 Å². The maximum absolute atomic E-state index is 12.7. The zero-order chi connectivity index (χ0) is 16.6. The van der Waals surface area contributed by atoms with E-state index in [9.17, 15) is 19.1 Å². The first kappa shape index (κ1) is 20.2. The third kappa shape index (κ3) is 4.12. The standard InChI is InChI=1S/C12H30NO4PSi2/c1-13(2)10-9-12(19(3,4)5,20(6,7)8)11(14)18(15,16)17/h9-10H2,1-8H3,(H2,15,16,17). The van der Waals surface area contributed by atoms with Gasteiger partial charge >= 0.3 is 7.60 Å². The van der Waals surface area contributed by atoms with E-state index in [2.05, 4.69) is 39.3 Å². The highest BCUT2D eigenvalue weighted by molar-refractivity contribution is 7.71. The highest BCUT2D eigenvalue weighted by Gasteiger charge is 2.61. The molecule has 0 atom stereocenters. The second kappa shape index (κ2) is 6.14. The van der Waals surface area contributed by atoms with E-state index in [1.165, 1.54) is 0 Å². The fourth-order valence-electron chi connectivity index (χ4n) is 3.26. The molecule has 0 unspecified atom stereocenters. The van der Waals surface area contributed by atoms with Crippen LogP contribution in [0.5, 0.6) is 0 Å². The summed E-state index contributed by atoms with van der Waals surface area (Å²) in [5, 5.41) is 0. The molecule has 120 valence electrons. The van der Waals surface area contributed by atoms with E-state index in [-0.39, 0.29) is 0 Å². The van der Waals surface area contributed by atoms with Crippen LogP contribution in [0.1, 0.15) is 6.42 Å². The number of carbonyl (C=O) groups excluding carboxylic acids is 1. The van der Waals surface area contributed by atoms with Gasteiger partial charge in [0.1, 0.15) is 0 Å². The van der Waals surface area contributed by atoms with Gasteiger partial charge in [-0.15, -0.1) is 0 Å². The molecule has 5 nitrogen and oxygen atoms in total. The molecule has 0 rings (SSSR count). The highest BCUT2D eigenvalue weighted by Crippen LogP contribution is 2.59. The van der Waals surface area contributed by atoms with Crippen LogP contribution in [0, 0.1) is 0 Å². The van der Waals surface area contributed by atoms with Crippen molar-refractivity contribution in [1.29, 1.82) is 0 Å². The Labute approximate surface area is 124 Å². The third-order valence-corrected chi connectivity index (χ3v) is 16.0. The number of hydrogen-bond acceptors (Lipinski definition) is 3. The third-order valence-electron chi connectivity index (χ3n) is 4.12. The maximum atomic E-state index is 12.7. The van der Waals surface area contributed by atoms with Gasteiger partial charge in [-0.2, -0.15) is 0 Å². The van der Waals surface area contributed by atoms with Gasteiger partial charge < -0.3 is 14.7 Å². The minimum absolute atomic E-state index is 0.537. The van der Waals surface area contributed by atoms with Crippen molar-refractivity contribution in [2.45, 2.75) is 50.4 Å². The van der Waals surface area contributed by atoms with Crippen molar-refractivity contribution in [3.05, 3.63) is 0 Å². The van der Waals surface area contributed by atoms with Gasteiger partial charge in [0.05, 0.1) is 16.1 Å². The highest BCUT2D eigenvalue weighted by atomic mass is 31.2. The largest absolute Gasteiger partial charge is 0.391 e. The van der Waals surface area contributed by atoms with Crippen LogP contribution in [0.4, 0.5) is 0 Å². The van der Waals surface area contributed by atoms with Crippen molar-refractivity contribution in [2.75, 3.05) is 20.6 Å². The molecule has 0 aliphatic heterocycles. The molecule has 0 aliphatic carbocycles. The van der Waals surface area contributed by atoms with Gasteiger partial charge in [0, 0.05) is 4.66 Å². The van der Waals surface area contributed by atoms with Crippen LogP contribution < -0.4 is 0 Å². The van der Waals surface area contributed by atoms with Crippen LogP contribution in [0.25, 0.3) is 0 Å². The lowest BCUT2D eigenvalue weighted by atomic mass is 10.3. The molecule has 0 saturated carbocycles. The van der Waals surface area contributed by atoms with Crippen molar-refractivity contribution in [1.82, 2.24) is 4.90 Å². The smallest absolute Gasteiger partial charge is 0.319 e. The van der Waals surface area contributed by atoms with E-state index in [4.69, 9.17) is 0 Å². The van der Waals surface area contributed by atoms with Crippen molar-refractivity contribution in [3.63, 3.8) is 0 Å². The summed E-state index contributed by atoms with van der Waals surface area (Å²) in [7, 11) is -5.12. The van der Waals surface area contributed by atoms with Gasteiger partial charge in [-0.05, 0) is 27.1 Å². The first-order chi connectivity index (χ1) is 8.57. The molecule has 0 bridgehead atoms. The number of rotatable bonds is 7. The van der Waals surface area contributed by atoms with E-state index >= 15 is 0 Å². The normalized spacial score (nSPS) is 14.8. The number of nitrogens with zero attached hydrogens (tertiary/aromatic N) is 1. The van der Waals surface area contributed by atoms with E-state index in [1.54, 1.807) is 0 Å². The van der Waals surface area contributed by atoms with Crippen LogP contribution in [0.15, 0.2) is 0 Å². The molecule has 0 heterocycles. The van der Waals surface area contributed by atoms with Crippen molar-refractivity contribution in [3.8, 4) is 0 Å². The summed E-state index contributed by atoms with van der Waals surface area (Å²) in [6.45, 7) is 13.0. The fraction of sp³-hybridized carbons (Fsp3) is 0.917. The molecule has 20 heavy (non-hydrogen) atoms. The second-order valence-electron chi connectivity index (χ2n) is 7.81. The first-order valence-electron chi connectivity index (χ1n) is 6.82. The van der Waals surface area contributed by atoms with Crippen molar-refractivity contribution in [2.24, 2.45) is 0 Å². The molecule has 0 amide bonds. The van der Waals surface area contributed by atoms with E-state index in [1.807, 2.05) is 19.0 Å². The lowest BCUT2D eigenvalue weighted by Gasteiger charge is -2.50. The minimum Gasteiger partial charge on any atom is -0.319 e. The molecule has 0 aromatic carbocycles. The molecule has 2 N–H and O–H groups in total. The Balaban J connectivity index is 6.11. The van der Waals surface area contributed by atoms with Gasteiger partial charge in [0.15, 0.2) is 0 Å². The minimum atomic E-state index is -4.72. The van der Waals surface area contributed by atoms with Crippen LogP contribution in [0.2, 0.25) is 43.9 Å².